The van der Waals surface area contributed by atoms with Gasteiger partial charge in [-0.25, -0.2) is 0 Å². The van der Waals surface area contributed by atoms with E-state index in [4.69, 9.17) is 4.74 Å². The highest BCUT2D eigenvalue weighted by atomic mass is 16.5. The number of hydrogen-bond donors (Lipinski definition) is 0. The van der Waals surface area contributed by atoms with Crippen molar-refractivity contribution in [3.05, 3.63) is 17.8 Å². The zero-order valence-corrected chi connectivity index (χ0v) is 14.7. The minimum Gasteiger partial charge on any atom is -0.471 e. The van der Waals surface area contributed by atoms with Crippen LogP contribution in [0.1, 0.15) is 63.5 Å². The molecule has 2 fully saturated rings. The van der Waals surface area contributed by atoms with Crippen LogP contribution in [0.2, 0.25) is 0 Å². The van der Waals surface area contributed by atoms with Crippen molar-refractivity contribution in [1.82, 2.24) is 15.1 Å². The lowest BCUT2D eigenvalue weighted by Crippen LogP contribution is -2.44. The third-order valence-electron chi connectivity index (χ3n) is 5.28. The molecule has 1 saturated carbocycles. The van der Waals surface area contributed by atoms with Gasteiger partial charge in [0.25, 0.3) is 0 Å². The summed E-state index contributed by atoms with van der Waals surface area (Å²) in [7, 11) is 0. The summed E-state index contributed by atoms with van der Waals surface area (Å²) in [4.78, 5) is 14.5. The number of nitrogens with zero attached hydrogens (tertiary/aromatic N) is 3. The third kappa shape index (κ3) is 4.92. The van der Waals surface area contributed by atoms with Crippen molar-refractivity contribution in [3.8, 4) is 5.88 Å². The predicted molar refractivity (Wildman–Crippen MR) is 92.8 cm³/mol. The van der Waals surface area contributed by atoms with Crippen LogP contribution in [0.5, 0.6) is 5.88 Å². The Labute approximate surface area is 144 Å². The minimum absolute atomic E-state index is 0.0365. The van der Waals surface area contributed by atoms with Crippen LogP contribution in [-0.4, -0.2) is 40.2 Å². The van der Waals surface area contributed by atoms with E-state index in [-0.39, 0.29) is 6.10 Å². The van der Waals surface area contributed by atoms with Gasteiger partial charge < -0.3 is 9.64 Å². The lowest BCUT2D eigenvalue weighted by Gasteiger charge is -2.33. The molecule has 1 aliphatic heterocycles. The van der Waals surface area contributed by atoms with Gasteiger partial charge in [-0.2, -0.15) is 5.10 Å². The van der Waals surface area contributed by atoms with Crippen LogP contribution in [0.15, 0.2) is 12.1 Å². The van der Waals surface area contributed by atoms with Crippen molar-refractivity contribution in [3.63, 3.8) is 0 Å². The number of ether oxygens (including phenoxy) is 1. The summed E-state index contributed by atoms with van der Waals surface area (Å²) in [5.74, 6) is 1.62. The van der Waals surface area contributed by atoms with Gasteiger partial charge in [-0.1, -0.05) is 32.1 Å². The lowest BCUT2D eigenvalue weighted by molar-refractivity contribution is -0.134. The van der Waals surface area contributed by atoms with Crippen molar-refractivity contribution < 1.29 is 9.53 Å². The molecule has 0 radical (unpaired) electrons. The zero-order valence-electron chi connectivity index (χ0n) is 14.7. The van der Waals surface area contributed by atoms with Gasteiger partial charge >= 0.3 is 0 Å². The second-order valence-electron chi connectivity index (χ2n) is 7.28. The van der Waals surface area contributed by atoms with E-state index in [1.54, 1.807) is 0 Å². The van der Waals surface area contributed by atoms with E-state index in [1.807, 2.05) is 24.0 Å². The average molecular weight is 331 g/mol. The molecule has 5 nitrogen and oxygen atoms in total. The van der Waals surface area contributed by atoms with Crippen molar-refractivity contribution >= 4 is 5.91 Å². The Balaban J connectivity index is 1.45. The molecule has 1 aliphatic carbocycles. The Kier molecular flexibility index (Phi) is 6.05. The van der Waals surface area contributed by atoms with Crippen LogP contribution in [0.3, 0.4) is 0 Å². The van der Waals surface area contributed by atoms with E-state index in [1.165, 1.54) is 32.1 Å². The van der Waals surface area contributed by atoms with Gasteiger partial charge in [0.15, 0.2) is 0 Å². The lowest BCUT2D eigenvalue weighted by atomic mass is 9.86. The standard InChI is InChI=1S/C19H29N3O2/c1-15-9-11-18(21-20-15)24-17-8-5-13-22(14-17)19(23)12-10-16-6-3-2-4-7-16/h9,11,16-17H,2-8,10,12-14H2,1H3. The molecular formula is C19H29N3O2. The van der Waals surface area contributed by atoms with Gasteiger partial charge in [-0.3, -0.25) is 4.79 Å². The highest BCUT2D eigenvalue weighted by Gasteiger charge is 2.26. The quantitative estimate of drug-likeness (QED) is 0.828. The number of likely N-dealkylation sites (tertiary alicyclic amines) is 1. The minimum atomic E-state index is 0.0365. The molecule has 132 valence electrons. The predicted octanol–water partition coefficient (Wildman–Crippen LogP) is 3.52. The van der Waals surface area contributed by atoms with Gasteiger partial charge in [0.1, 0.15) is 6.10 Å². The van der Waals surface area contributed by atoms with Crippen molar-refractivity contribution in [2.24, 2.45) is 5.92 Å². The fourth-order valence-electron chi connectivity index (χ4n) is 3.84. The molecule has 1 atom stereocenters. The number of hydrogen-bond acceptors (Lipinski definition) is 4. The van der Waals surface area contributed by atoms with Gasteiger partial charge in [0.2, 0.25) is 11.8 Å². The summed E-state index contributed by atoms with van der Waals surface area (Å²) >= 11 is 0. The second kappa shape index (κ2) is 8.45. The van der Waals surface area contributed by atoms with E-state index in [0.29, 0.717) is 24.8 Å². The van der Waals surface area contributed by atoms with Gasteiger partial charge in [-0.05, 0) is 38.2 Å². The number of amides is 1. The van der Waals surface area contributed by atoms with Crippen LogP contribution in [-0.2, 0) is 4.79 Å². The molecule has 1 unspecified atom stereocenters. The van der Waals surface area contributed by atoms with Crippen LogP contribution < -0.4 is 4.74 Å². The Morgan fingerprint density at radius 1 is 1.17 bits per heavy atom. The molecule has 24 heavy (non-hydrogen) atoms. The first-order valence-electron chi connectivity index (χ1n) is 9.45. The van der Waals surface area contributed by atoms with Gasteiger partial charge in [0, 0.05) is 19.0 Å². The van der Waals surface area contributed by atoms with Crippen molar-refractivity contribution in [2.75, 3.05) is 13.1 Å². The number of piperidine rings is 1. The fourth-order valence-corrected chi connectivity index (χ4v) is 3.84. The van der Waals surface area contributed by atoms with Crippen LogP contribution in [0, 0.1) is 12.8 Å². The Hall–Kier alpha value is -1.65. The van der Waals surface area contributed by atoms with Gasteiger partial charge in [-0.15, -0.1) is 5.10 Å². The molecule has 0 aromatic carbocycles. The molecule has 1 aromatic heterocycles. The Morgan fingerprint density at radius 3 is 2.75 bits per heavy atom. The first-order chi connectivity index (χ1) is 11.7. The van der Waals surface area contributed by atoms with E-state index in [0.717, 1.165) is 37.4 Å². The molecule has 1 aromatic rings. The largest absolute Gasteiger partial charge is 0.471 e. The number of aryl methyl sites for hydroxylation is 1. The van der Waals surface area contributed by atoms with E-state index in [2.05, 4.69) is 10.2 Å². The monoisotopic (exact) mass is 331 g/mol. The van der Waals surface area contributed by atoms with Crippen molar-refractivity contribution in [1.29, 1.82) is 0 Å². The Bertz CT molecular complexity index is 526. The maximum atomic E-state index is 12.5. The number of carbonyl (C=O) groups excluding carboxylic acids is 1. The summed E-state index contributed by atoms with van der Waals surface area (Å²) in [6.07, 6.45) is 10.4. The van der Waals surface area contributed by atoms with Crippen LogP contribution >= 0.6 is 0 Å². The smallest absolute Gasteiger partial charge is 0.233 e. The summed E-state index contributed by atoms with van der Waals surface area (Å²) in [6, 6.07) is 3.75. The molecule has 0 N–H and O–H groups in total. The summed E-state index contributed by atoms with van der Waals surface area (Å²) in [6.45, 7) is 3.45. The number of rotatable bonds is 5. The zero-order chi connectivity index (χ0) is 16.8. The van der Waals surface area contributed by atoms with E-state index in [9.17, 15) is 4.79 Å². The first kappa shape index (κ1) is 17.2. The molecule has 0 bridgehead atoms. The topological polar surface area (TPSA) is 55.3 Å². The van der Waals surface area contributed by atoms with Crippen LogP contribution in [0.25, 0.3) is 0 Å². The van der Waals surface area contributed by atoms with E-state index >= 15 is 0 Å². The number of carbonyl (C=O) groups is 1. The normalized spacial score (nSPS) is 22.4. The molecule has 5 heteroatoms. The highest BCUT2D eigenvalue weighted by molar-refractivity contribution is 5.76. The van der Waals surface area contributed by atoms with Gasteiger partial charge in [0.05, 0.1) is 12.2 Å². The molecule has 1 saturated heterocycles. The molecule has 1 amide bonds. The SMILES string of the molecule is Cc1ccc(OC2CCCN(C(=O)CCC3CCCCC3)C2)nn1. The summed E-state index contributed by atoms with van der Waals surface area (Å²) in [5, 5.41) is 8.09. The van der Waals surface area contributed by atoms with Crippen LogP contribution in [0.4, 0.5) is 0 Å². The molecule has 2 heterocycles. The molecule has 2 aliphatic rings. The Morgan fingerprint density at radius 2 is 2.00 bits per heavy atom. The third-order valence-corrected chi connectivity index (χ3v) is 5.28. The summed E-state index contributed by atoms with van der Waals surface area (Å²) in [5.41, 5.74) is 0.880. The fraction of sp³-hybridized carbons (Fsp3) is 0.737. The van der Waals surface area contributed by atoms with E-state index < -0.39 is 0 Å². The second-order valence-corrected chi connectivity index (χ2v) is 7.28. The molecule has 3 rings (SSSR count). The summed E-state index contributed by atoms with van der Waals surface area (Å²) < 4.78 is 5.92. The molecular weight excluding hydrogens is 302 g/mol. The maximum absolute atomic E-state index is 12.5. The van der Waals surface area contributed by atoms with Crippen molar-refractivity contribution in [2.45, 2.75) is 70.8 Å². The highest BCUT2D eigenvalue weighted by Crippen LogP contribution is 2.28. The molecule has 0 spiro atoms. The average Bonchev–Trinajstić information content (AvgIpc) is 2.63. The first-order valence-corrected chi connectivity index (χ1v) is 9.45. The maximum Gasteiger partial charge on any atom is 0.233 e. The number of aromatic nitrogens is 2.